The number of rotatable bonds is 3. The summed E-state index contributed by atoms with van der Waals surface area (Å²) < 4.78 is 0. The van der Waals surface area contributed by atoms with Gasteiger partial charge >= 0.3 is 0 Å². The minimum Gasteiger partial charge on any atom is -0.394 e. The summed E-state index contributed by atoms with van der Waals surface area (Å²) in [5.74, 6) is -1.11. The first-order valence-corrected chi connectivity index (χ1v) is 4.10. The van der Waals surface area contributed by atoms with Crippen molar-refractivity contribution in [2.24, 2.45) is 5.73 Å². The van der Waals surface area contributed by atoms with E-state index in [-0.39, 0.29) is 11.1 Å². The highest BCUT2D eigenvalue weighted by Crippen LogP contribution is 2.16. The Morgan fingerprint density at radius 1 is 1.43 bits per heavy atom. The number of aliphatic hydroxyl groups is 2. The van der Waals surface area contributed by atoms with Gasteiger partial charge in [-0.1, -0.05) is 0 Å². The number of nitrogens with one attached hydrogen (secondary N) is 1. The molecule has 14 heavy (non-hydrogen) atoms. The normalized spacial score (nSPS) is 21.1. The van der Waals surface area contributed by atoms with Gasteiger partial charge in [0.25, 0.3) is 11.8 Å². The number of hydrogen-bond donors (Lipinski definition) is 4. The van der Waals surface area contributed by atoms with Crippen LogP contribution in [0.2, 0.25) is 0 Å². The van der Waals surface area contributed by atoms with Gasteiger partial charge in [0.2, 0.25) is 0 Å². The van der Waals surface area contributed by atoms with E-state index in [4.69, 9.17) is 10.8 Å². The predicted molar refractivity (Wildman–Crippen MR) is 46.9 cm³/mol. The van der Waals surface area contributed by atoms with Gasteiger partial charge in [-0.2, -0.15) is 0 Å². The van der Waals surface area contributed by atoms with E-state index in [1.807, 2.05) is 0 Å². The summed E-state index contributed by atoms with van der Waals surface area (Å²) in [5.41, 5.74) is 5.72. The summed E-state index contributed by atoms with van der Waals surface area (Å²) in [5, 5.41) is 19.9. The molecule has 78 valence electrons. The number of hydrogen-bond acceptors (Lipinski definition) is 5. The number of nitrogens with two attached hydrogens (primary N) is 1. The fourth-order valence-electron chi connectivity index (χ4n) is 1.26. The van der Waals surface area contributed by atoms with Crippen molar-refractivity contribution in [2.75, 3.05) is 6.61 Å². The van der Waals surface area contributed by atoms with Gasteiger partial charge in [-0.3, -0.25) is 14.9 Å². The molecule has 0 fully saturated rings. The minimum absolute atomic E-state index is 0.0385. The Labute approximate surface area is 80.4 Å². The number of carbonyl (C=O) groups is 2. The van der Waals surface area contributed by atoms with E-state index in [1.54, 1.807) is 0 Å². The fraction of sp³-hybridized carbons (Fsp3) is 0.500. The lowest BCUT2D eigenvalue weighted by atomic mass is 9.99. The molecule has 6 nitrogen and oxygen atoms in total. The molecule has 6 heteroatoms. The Hall–Kier alpha value is -1.24. The maximum Gasteiger partial charge on any atom is 0.256 e. The van der Waals surface area contributed by atoms with Crippen molar-refractivity contribution in [2.45, 2.75) is 19.1 Å². The molecule has 0 aliphatic carbocycles. The second kappa shape index (κ2) is 3.87. The van der Waals surface area contributed by atoms with Crippen LogP contribution in [-0.4, -0.2) is 40.8 Å². The molecule has 1 aliphatic heterocycles. The average Bonchev–Trinajstić information content (AvgIpc) is 2.39. The fourth-order valence-corrected chi connectivity index (χ4v) is 1.26. The monoisotopic (exact) mass is 200 g/mol. The maximum absolute atomic E-state index is 11.2. The highest BCUT2D eigenvalue weighted by Gasteiger charge is 2.33. The first-order valence-electron chi connectivity index (χ1n) is 4.10. The SMILES string of the molecule is CC1=C(C(N)C(O)CO)C(=O)NC1=O. The van der Waals surface area contributed by atoms with Gasteiger partial charge in [-0.15, -0.1) is 0 Å². The van der Waals surface area contributed by atoms with Crippen molar-refractivity contribution in [3.05, 3.63) is 11.1 Å². The van der Waals surface area contributed by atoms with Crippen LogP contribution in [0.15, 0.2) is 11.1 Å². The zero-order valence-corrected chi connectivity index (χ0v) is 7.65. The quantitative estimate of drug-likeness (QED) is 0.381. The molecule has 2 amide bonds. The van der Waals surface area contributed by atoms with E-state index in [2.05, 4.69) is 5.32 Å². The van der Waals surface area contributed by atoms with Crippen LogP contribution in [0.5, 0.6) is 0 Å². The second-order valence-corrected chi connectivity index (χ2v) is 3.10. The van der Waals surface area contributed by atoms with E-state index in [0.29, 0.717) is 0 Å². The van der Waals surface area contributed by atoms with Crippen LogP contribution in [0, 0.1) is 0 Å². The standard InChI is InChI=1S/C8H12N2O4/c1-3-5(6(9)4(12)2-11)8(14)10-7(3)13/h4,6,11-12H,2,9H2,1H3,(H,10,13,14). The Morgan fingerprint density at radius 2 is 2.00 bits per heavy atom. The third-order valence-corrected chi connectivity index (χ3v) is 2.15. The van der Waals surface area contributed by atoms with Crippen LogP contribution < -0.4 is 11.1 Å². The van der Waals surface area contributed by atoms with Crippen molar-refractivity contribution < 1.29 is 19.8 Å². The Bertz CT molecular complexity index is 310. The summed E-state index contributed by atoms with van der Waals surface area (Å²) in [4.78, 5) is 22.2. The third-order valence-electron chi connectivity index (χ3n) is 2.15. The number of imide groups is 1. The lowest BCUT2D eigenvalue weighted by Crippen LogP contribution is -2.41. The molecule has 0 spiro atoms. The Balaban J connectivity index is 2.96. The van der Waals surface area contributed by atoms with Gasteiger partial charge in [0.15, 0.2) is 0 Å². The van der Waals surface area contributed by atoms with E-state index in [9.17, 15) is 14.7 Å². The van der Waals surface area contributed by atoms with E-state index in [1.165, 1.54) is 6.92 Å². The van der Waals surface area contributed by atoms with Gasteiger partial charge in [0.1, 0.15) is 0 Å². The number of aliphatic hydroxyl groups excluding tert-OH is 2. The third kappa shape index (κ3) is 1.67. The van der Waals surface area contributed by atoms with Gasteiger partial charge in [0.05, 0.1) is 18.8 Å². The molecule has 1 heterocycles. The highest BCUT2D eigenvalue weighted by molar-refractivity contribution is 6.19. The molecule has 0 saturated heterocycles. The number of amides is 2. The molecular formula is C8H12N2O4. The summed E-state index contributed by atoms with van der Waals surface area (Å²) >= 11 is 0. The molecule has 0 saturated carbocycles. The first kappa shape index (κ1) is 10.8. The lowest BCUT2D eigenvalue weighted by molar-refractivity contribution is -0.124. The Kier molecular flexibility index (Phi) is 3.00. The van der Waals surface area contributed by atoms with Gasteiger partial charge in [-0.05, 0) is 6.92 Å². The Morgan fingerprint density at radius 3 is 2.36 bits per heavy atom. The van der Waals surface area contributed by atoms with Crippen LogP contribution in [-0.2, 0) is 9.59 Å². The summed E-state index contributed by atoms with van der Waals surface area (Å²) in [6.07, 6.45) is -1.24. The second-order valence-electron chi connectivity index (χ2n) is 3.10. The zero-order chi connectivity index (χ0) is 10.9. The molecule has 0 bridgehead atoms. The summed E-state index contributed by atoms with van der Waals surface area (Å²) in [6, 6.07) is -1.04. The maximum atomic E-state index is 11.2. The molecule has 2 atom stereocenters. The molecule has 0 aromatic carbocycles. The largest absolute Gasteiger partial charge is 0.394 e. The molecule has 1 rings (SSSR count). The van der Waals surface area contributed by atoms with E-state index >= 15 is 0 Å². The van der Waals surface area contributed by atoms with Gasteiger partial charge in [0, 0.05) is 11.1 Å². The topological polar surface area (TPSA) is 113 Å². The van der Waals surface area contributed by atoms with Crippen LogP contribution in [0.3, 0.4) is 0 Å². The van der Waals surface area contributed by atoms with Crippen molar-refractivity contribution in [1.29, 1.82) is 0 Å². The van der Waals surface area contributed by atoms with Crippen LogP contribution in [0.4, 0.5) is 0 Å². The molecule has 0 radical (unpaired) electrons. The average molecular weight is 200 g/mol. The van der Waals surface area contributed by atoms with Crippen molar-refractivity contribution >= 4 is 11.8 Å². The number of carbonyl (C=O) groups excluding carboxylic acids is 2. The smallest absolute Gasteiger partial charge is 0.256 e. The predicted octanol–water partition coefficient (Wildman–Crippen LogP) is -2.36. The molecule has 0 aromatic rings. The molecule has 0 aromatic heterocycles. The summed E-state index contributed by atoms with van der Waals surface area (Å²) in [6.45, 7) is 0.888. The van der Waals surface area contributed by atoms with Gasteiger partial charge in [-0.25, -0.2) is 0 Å². The van der Waals surface area contributed by atoms with E-state index < -0.39 is 30.6 Å². The molecule has 1 aliphatic rings. The van der Waals surface area contributed by atoms with E-state index in [0.717, 1.165) is 0 Å². The minimum atomic E-state index is -1.24. The van der Waals surface area contributed by atoms with Gasteiger partial charge < -0.3 is 15.9 Å². The van der Waals surface area contributed by atoms with Crippen molar-refractivity contribution in [1.82, 2.24) is 5.32 Å². The zero-order valence-electron chi connectivity index (χ0n) is 7.65. The van der Waals surface area contributed by atoms with Crippen LogP contribution in [0.1, 0.15) is 6.92 Å². The van der Waals surface area contributed by atoms with Crippen molar-refractivity contribution in [3.8, 4) is 0 Å². The first-order chi connectivity index (χ1) is 6.49. The summed E-state index contributed by atoms with van der Waals surface area (Å²) in [7, 11) is 0. The molecule has 5 N–H and O–H groups in total. The van der Waals surface area contributed by atoms with Crippen LogP contribution >= 0.6 is 0 Å². The van der Waals surface area contributed by atoms with Crippen LogP contribution in [0.25, 0.3) is 0 Å². The highest BCUT2D eigenvalue weighted by atomic mass is 16.3. The molecule has 2 unspecified atom stereocenters. The van der Waals surface area contributed by atoms with Crippen molar-refractivity contribution in [3.63, 3.8) is 0 Å². The molecular weight excluding hydrogens is 188 g/mol. The lowest BCUT2D eigenvalue weighted by Gasteiger charge is -2.16.